The molecule has 0 spiro atoms. The van der Waals surface area contributed by atoms with Gasteiger partial charge in [-0.2, -0.15) is 0 Å². The van der Waals surface area contributed by atoms with E-state index in [0.29, 0.717) is 19.3 Å². The third-order valence-corrected chi connectivity index (χ3v) is 3.18. The molecule has 1 amide bonds. The summed E-state index contributed by atoms with van der Waals surface area (Å²) in [5.41, 5.74) is -0.483. The molecule has 0 aromatic rings. The summed E-state index contributed by atoms with van der Waals surface area (Å²) in [6.07, 6.45) is 2.18. The second-order valence-electron chi connectivity index (χ2n) is 3.96. The number of amides is 1. The smallest absolute Gasteiger partial charge is 0.307 e. The van der Waals surface area contributed by atoms with Crippen molar-refractivity contribution in [3.63, 3.8) is 0 Å². The van der Waals surface area contributed by atoms with E-state index in [1.165, 1.54) is 0 Å². The molecule has 1 fully saturated rings. The lowest BCUT2D eigenvalue weighted by Crippen LogP contribution is -2.68. The molecule has 1 rings (SSSR count). The molecule has 1 aliphatic heterocycles. The van der Waals surface area contributed by atoms with Crippen LogP contribution in [0.25, 0.3) is 0 Å². The molecule has 1 N–H and O–H groups in total. The molecule has 0 aromatic heterocycles. The van der Waals surface area contributed by atoms with Crippen molar-refractivity contribution < 1.29 is 14.3 Å². The van der Waals surface area contributed by atoms with Gasteiger partial charge in [-0.05, 0) is 19.3 Å². The number of esters is 1. The Labute approximate surface area is 90.4 Å². The van der Waals surface area contributed by atoms with Gasteiger partial charge in [0.25, 0.3) is 0 Å². The van der Waals surface area contributed by atoms with Gasteiger partial charge < -0.3 is 10.1 Å². The molecule has 1 aliphatic rings. The summed E-state index contributed by atoms with van der Waals surface area (Å²) in [4.78, 5) is 22.8. The molecule has 15 heavy (non-hydrogen) atoms. The van der Waals surface area contributed by atoms with Crippen molar-refractivity contribution in [3.8, 4) is 0 Å². The lowest BCUT2D eigenvalue weighted by molar-refractivity contribution is -0.184. The van der Waals surface area contributed by atoms with Crippen molar-refractivity contribution in [2.24, 2.45) is 5.41 Å². The van der Waals surface area contributed by atoms with Crippen LogP contribution in [0.15, 0.2) is 0 Å². The third-order valence-electron chi connectivity index (χ3n) is 3.18. The van der Waals surface area contributed by atoms with Gasteiger partial charge in [0, 0.05) is 6.42 Å². The lowest BCUT2D eigenvalue weighted by Gasteiger charge is -2.46. The van der Waals surface area contributed by atoms with Crippen LogP contribution in [0.1, 0.15) is 46.5 Å². The predicted octanol–water partition coefficient (Wildman–Crippen LogP) is 1.59. The molecule has 0 aliphatic carbocycles. The van der Waals surface area contributed by atoms with Crippen molar-refractivity contribution in [3.05, 3.63) is 0 Å². The minimum Gasteiger partial charge on any atom is -0.440 e. The zero-order valence-corrected chi connectivity index (χ0v) is 9.63. The molecule has 0 bridgehead atoms. The predicted molar refractivity (Wildman–Crippen MR) is 55.9 cm³/mol. The summed E-state index contributed by atoms with van der Waals surface area (Å²) >= 11 is 0. The first-order valence-electron chi connectivity index (χ1n) is 5.61. The highest BCUT2D eigenvalue weighted by Gasteiger charge is 2.54. The second kappa shape index (κ2) is 4.64. The Hall–Kier alpha value is -1.06. The van der Waals surface area contributed by atoms with Gasteiger partial charge in [-0.25, -0.2) is 0 Å². The van der Waals surface area contributed by atoms with Crippen molar-refractivity contribution in [1.82, 2.24) is 5.32 Å². The van der Waals surface area contributed by atoms with Gasteiger partial charge in [0.1, 0.15) is 5.41 Å². The van der Waals surface area contributed by atoms with Crippen LogP contribution in [0.4, 0.5) is 0 Å². The zero-order chi connectivity index (χ0) is 11.5. The van der Waals surface area contributed by atoms with Crippen LogP contribution < -0.4 is 5.32 Å². The number of nitrogens with one attached hydrogen (secondary N) is 1. The Balaban J connectivity index is 2.57. The number of carbonyl (C=O) groups excluding carboxylic acids is 2. The molecule has 0 aromatic carbocycles. The first-order valence-corrected chi connectivity index (χ1v) is 5.61. The summed E-state index contributed by atoms with van der Waals surface area (Å²) in [5, 5.41) is 2.64. The number of hydrogen-bond acceptors (Lipinski definition) is 3. The average Bonchev–Trinajstić information content (AvgIpc) is 2.19. The molecule has 1 saturated heterocycles. The molecule has 1 atom stereocenters. The monoisotopic (exact) mass is 213 g/mol. The average molecular weight is 213 g/mol. The summed E-state index contributed by atoms with van der Waals surface area (Å²) in [6, 6.07) is 0. The van der Waals surface area contributed by atoms with Gasteiger partial charge in [0.2, 0.25) is 5.91 Å². The Morgan fingerprint density at radius 2 is 2.00 bits per heavy atom. The summed E-state index contributed by atoms with van der Waals surface area (Å²) < 4.78 is 5.22. The zero-order valence-electron chi connectivity index (χ0n) is 9.63. The van der Waals surface area contributed by atoms with E-state index in [1.807, 2.05) is 20.8 Å². The van der Waals surface area contributed by atoms with E-state index in [9.17, 15) is 9.59 Å². The fourth-order valence-electron chi connectivity index (χ4n) is 1.92. The number of rotatable bonds is 5. The normalized spacial score (nSPS) is 22.9. The molecule has 86 valence electrons. The van der Waals surface area contributed by atoms with Crippen molar-refractivity contribution >= 4 is 11.9 Å². The Morgan fingerprint density at radius 3 is 2.40 bits per heavy atom. The molecular weight excluding hydrogens is 194 g/mol. The summed E-state index contributed by atoms with van der Waals surface area (Å²) in [6.45, 7) is 5.82. The molecule has 4 nitrogen and oxygen atoms in total. The lowest BCUT2D eigenvalue weighted by atomic mass is 9.73. The van der Waals surface area contributed by atoms with E-state index < -0.39 is 11.6 Å². The highest BCUT2D eigenvalue weighted by molar-refractivity contribution is 5.90. The van der Waals surface area contributed by atoms with Gasteiger partial charge in [0.05, 0.1) is 0 Å². The number of hydrogen-bond donors (Lipinski definition) is 1. The fourth-order valence-corrected chi connectivity index (χ4v) is 1.92. The fraction of sp³-hybridized carbons (Fsp3) is 0.818. The van der Waals surface area contributed by atoms with E-state index >= 15 is 0 Å². The highest BCUT2D eigenvalue weighted by atomic mass is 16.6. The minimum absolute atomic E-state index is 0.00167. The number of β-lactam (4-membered cyclic amide) rings is 1. The van der Waals surface area contributed by atoms with Gasteiger partial charge >= 0.3 is 5.97 Å². The number of ether oxygens (including phenoxy) is 1. The van der Waals surface area contributed by atoms with Crippen LogP contribution in [0.3, 0.4) is 0 Å². The van der Waals surface area contributed by atoms with E-state index in [1.54, 1.807) is 0 Å². The molecule has 0 saturated carbocycles. The highest BCUT2D eigenvalue weighted by Crippen LogP contribution is 2.38. The van der Waals surface area contributed by atoms with Crippen LogP contribution in [-0.2, 0) is 14.3 Å². The molecule has 4 heteroatoms. The first-order chi connectivity index (χ1) is 7.10. The van der Waals surface area contributed by atoms with Crippen molar-refractivity contribution in [1.29, 1.82) is 0 Å². The minimum atomic E-state index is -0.483. The quantitative estimate of drug-likeness (QED) is 0.557. The van der Waals surface area contributed by atoms with Gasteiger partial charge in [-0.3, -0.25) is 9.59 Å². The van der Waals surface area contributed by atoms with E-state index in [2.05, 4.69) is 5.32 Å². The van der Waals surface area contributed by atoms with E-state index in [-0.39, 0.29) is 11.9 Å². The Bertz CT molecular complexity index is 259. The van der Waals surface area contributed by atoms with E-state index in [4.69, 9.17) is 4.74 Å². The maximum absolute atomic E-state index is 11.5. The third kappa shape index (κ3) is 1.98. The van der Waals surface area contributed by atoms with Crippen LogP contribution in [0.2, 0.25) is 0 Å². The van der Waals surface area contributed by atoms with E-state index in [0.717, 1.165) is 6.42 Å². The summed E-state index contributed by atoms with van der Waals surface area (Å²) in [5.74, 6) is -0.226. The Kier molecular flexibility index (Phi) is 3.72. The van der Waals surface area contributed by atoms with Crippen LogP contribution in [-0.4, -0.2) is 18.1 Å². The van der Waals surface area contributed by atoms with Crippen molar-refractivity contribution in [2.75, 3.05) is 0 Å². The SMILES string of the molecule is CCCC(=O)OC1NC(=O)C1(CC)CC. The second-order valence-corrected chi connectivity index (χ2v) is 3.96. The standard InChI is InChI=1S/C11H19NO3/c1-4-7-8(13)15-10-11(5-2,6-3)9(14)12-10/h10H,4-7H2,1-3H3,(H,12,14). The van der Waals surface area contributed by atoms with Gasteiger partial charge in [0.15, 0.2) is 6.23 Å². The largest absolute Gasteiger partial charge is 0.440 e. The molecular formula is C11H19NO3. The number of carbonyl (C=O) groups is 2. The maximum Gasteiger partial charge on any atom is 0.307 e. The first kappa shape index (κ1) is 12.0. The van der Waals surface area contributed by atoms with Gasteiger partial charge in [-0.1, -0.05) is 20.8 Å². The molecule has 1 unspecified atom stereocenters. The topological polar surface area (TPSA) is 55.4 Å². The maximum atomic E-state index is 11.5. The van der Waals surface area contributed by atoms with Crippen LogP contribution in [0, 0.1) is 5.41 Å². The van der Waals surface area contributed by atoms with Crippen molar-refractivity contribution in [2.45, 2.75) is 52.7 Å². The van der Waals surface area contributed by atoms with Gasteiger partial charge in [-0.15, -0.1) is 0 Å². The van der Waals surface area contributed by atoms with Crippen LogP contribution >= 0.6 is 0 Å². The molecule has 0 radical (unpaired) electrons. The van der Waals surface area contributed by atoms with Crippen LogP contribution in [0.5, 0.6) is 0 Å². The molecule has 1 heterocycles. The Morgan fingerprint density at radius 1 is 1.40 bits per heavy atom. The summed E-state index contributed by atoms with van der Waals surface area (Å²) in [7, 11) is 0.